The van der Waals surface area contributed by atoms with E-state index in [0.29, 0.717) is 12.4 Å². The molecule has 0 saturated carbocycles. The second-order valence-corrected chi connectivity index (χ2v) is 5.16. The van der Waals surface area contributed by atoms with Crippen LogP contribution < -0.4 is 9.64 Å². The highest BCUT2D eigenvalue weighted by Crippen LogP contribution is 2.27. The molecule has 0 spiro atoms. The lowest BCUT2D eigenvalue weighted by atomic mass is 10.2. The Labute approximate surface area is 128 Å². The van der Waals surface area contributed by atoms with Crippen molar-refractivity contribution in [3.8, 4) is 5.88 Å². The Kier molecular flexibility index (Phi) is 4.18. The number of carbonyl (C=O) groups is 1. The molecule has 2 aromatic rings. The van der Waals surface area contributed by atoms with Gasteiger partial charge in [0.25, 0.3) is 5.88 Å². The van der Waals surface area contributed by atoms with Gasteiger partial charge in [-0.1, -0.05) is 30.3 Å². The zero-order valence-electron chi connectivity index (χ0n) is 12.1. The highest BCUT2D eigenvalue weighted by Gasteiger charge is 2.21. The molecule has 1 aromatic heterocycles. The van der Waals surface area contributed by atoms with Crippen LogP contribution in [0.15, 0.2) is 36.5 Å². The molecule has 0 atom stereocenters. The number of ether oxygens (including phenoxy) is 1. The van der Waals surface area contributed by atoms with Gasteiger partial charge >= 0.3 is 5.97 Å². The van der Waals surface area contributed by atoms with Crippen LogP contribution in [0.5, 0.6) is 5.88 Å². The third kappa shape index (κ3) is 3.16. The Balaban J connectivity index is 1.85. The summed E-state index contributed by atoms with van der Waals surface area (Å²) < 4.78 is 5.75. The summed E-state index contributed by atoms with van der Waals surface area (Å²) in [4.78, 5) is 21.5. The standard InChI is InChI=1S/C16H17N3O3/c20-16(21)13-10-17-14(19-8-4-5-9-19)15(18-13)22-11-12-6-2-1-3-7-12/h1-3,6-7,10H,4-5,8-9,11H2,(H,20,21). The monoisotopic (exact) mass is 299 g/mol. The minimum atomic E-state index is -1.11. The predicted octanol–water partition coefficient (Wildman–Crippen LogP) is 2.35. The van der Waals surface area contributed by atoms with E-state index < -0.39 is 5.97 Å². The first-order valence-electron chi connectivity index (χ1n) is 7.26. The molecule has 1 fully saturated rings. The summed E-state index contributed by atoms with van der Waals surface area (Å²) in [5.41, 5.74) is 0.892. The van der Waals surface area contributed by atoms with E-state index in [1.165, 1.54) is 6.20 Å². The summed E-state index contributed by atoms with van der Waals surface area (Å²) in [5.74, 6) is -0.200. The van der Waals surface area contributed by atoms with Crippen molar-refractivity contribution < 1.29 is 14.6 Å². The molecule has 1 N–H and O–H groups in total. The molecule has 1 aliphatic rings. The number of aromatic nitrogens is 2. The fourth-order valence-electron chi connectivity index (χ4n) is 2.44. The van der Waals surface area contributed by atoms with Crippen LogP contribution in [0.3, 0.4) is 0 Å². The van der Waals surface area contributed by atoms with Crippen molar-refractivity contribution in [2.24, 2.45) is 0 Å². The normalized spacial score (nSPS) is 14.1. The molecule has 6 nitrogen and oxygen atoms in total. The van der Waals surface area contributed by atoms with Crippen LogP contribution in [-0.2, 0) is 6.61 Å². The molecule has 2 heterocycles. The summed E-state index contributed by atoms with van der Waals surface area (Å²) in [6.45, 7) is 2.12. The fourth-order valence-corrected chi connectivity index (χ4v) is 2.44. The average molecular weight is 299 g/mol. The molecule has 0 unspecified atom stereocenters. The third-order valence-electron chi connectivity index (χ3n) is 3.57. The lowest BCUT2D eigenvalue weighted by molar-refractivity contribution is 0.0688. The van der Waals surface area contributed by atoms with Gasteiger partial charge in [0.2, 0.25) is 0 Å². The third-order valence-corrected chi connectivity index (χ3v) is 3.57. The molecule has 1 aromatic carbocycles. The first-order chi connectivity index (χ1) is 10.7. The van der Waals surface area contributed by atoms with Crippen molar-refractivity contribution in [3.63, 3.8) is 0 Å². The van der Waals surface area contributed by atoms with E-state index in [2.05, 4.69) is 14.9 Å². The molecule has 1 aliphatic heterocycles. The summed E-state index contributed by atoms with van der Waals surface area (Å²) in [6, 6.07) is 9.69. The van der Waals surface area contributed by atoms with E-state index in [0.717, 1.165) is 31.5 Å². The number of carboxylic acid groups (broad SMARTS) is 1. The van der Waals surface area contributed by atoms with Gasteiger partial charge in [-0.2, -0.15) is 0 Å². The summed E-state index contributed by atoms with van der Waals surface area (Å²) in [5, 5.41) is 9.08. The Morgan fingerprint density at radius 3 is 2.64 bits per heavy atom. The Hall–Kier alpha value is -2.63. The van der Waals surface area contributed by atoms with E-state index in [1.807, 2.05) is 30.3 Å². The zero-order chi connectivity index (χ0) is 15.4. The van der Waals surface area contributed by atoms with Gasteiger partial charge in [-0.3, -0.25) is 0 Å². The Morgan fingerprint density at radius 2 is 1.95 bits per heavy atom. The van der Waals surface area contributed by atoms with Crippen LogP contribution in [-0.4, -0.2) is 34.1 Å². The van der Waals surface area contributed by atoms with Crippen LogP contribution in [0.1, 0.15) is 28.9 Å². The number of anilines is 1. The van der Waals surface area contributed by atoms with Gasteiger partial charge in [0.1, 0.15) is 6.61 Å². The Bertz CT molecular complexity index is 655. The molecule has 114 valence electrons. The van der Waals surface area contributed by atoms with Gasteiger partial charge in [-0.15, -0.1) is 0 Å². The van der Waals surface area contributed by atoms with Crippen molar-refractivity contribution in [3.05, 3.63) is 47.8 Å². The van der Waals surface area contributed by atoms with Crippen molar-refractivity contribution in [2.45, 2.75) is 19.4 Å². The predicted molar refractivity (Wildman–Crippen MR) is 81.2 cm³/mol. The molecular formula is C16H17N3O3. The molecular weight excluding hydrogens is 282 g/mol. The maximum atomic E-state index is 11.1. The summed E-state index contributed by atoms with van der Waals surface area (Å²) >= 11 is 0. The number of hydrogen-bond acceptors (Lipinski definition) is 5. The second-order valence-electron chi connectivity index (χ2n) is 5.16. The highest BCUT2D eigenvalue weighted by molar-refractivity contribution is 5.85. The largest absolute Gasteiger partial charge is 0.476 e. The van der Waals surface area contributed by atoms with Crippen molar-refractivity contribution in [1.29, 1.82) is 0 Å². The van der Waals surface area contributed by atoms with Crippen LogP contribution in [0.25, 0.3) is 0 Å². The van der Waals surface area contributed by atoms with Crippen molar-refractivity contribution in [2.75, 3.05) is 18.0 Å². The molecule has 22 heavy (non-hydrogen) atoms. The van der Waals surface area contributed by atoms with Gasteiger partial charge in [0.15, 0.2) is 11.5 Å². The van der Waals surface area contributed by atoms with Crippen molar-refractivity contribution >= 4 is 11.8 Å². The van der Waals surface area contributed by atoms with E-state index in [9.17, 15) is 4.79 Å². The first-order valence-corrected chi connectivity index (χ1v) is 7.26. The maximum absolute atomic E-state index is 11.1. The number of nitrogens with zero attached hydrogens (tertiary/aromatic N) is 3. The maximum Gasteiger partial charge on any atom is 0.356 e. The van der Waals surface area contributed by atoms with E-state index in [1.54, 1.807) is 0 Å². The van der Waals surface area contributed by atoms with Crippen LogP contribution >= 0.6 is 0 Å². The quantitative estimate of drug-likeness (QED) is 0.913. The highest BCUT2D eigenvalue weighted by atomic mass is 16.5. The zero-order valence-corrected chi connectivity index (χ0v) is 12.1. The minimum Gasteiger partial charge on any atom is -0.476 e. The molecule has 0 amide bonds. The Morgan fingerprint density at radius 1 is 1.23 bits per heavy atom. The van der Waals surface area contributed by atoms with Crippen LogP contribution in [0.2, 0.25) is 0 Å². The SMILES string of the molecule is O=C(O)c1cnc(N2CCCC2)c(OCc2ccccc2)n1. The minimum absolute atomic E-state index is 0.106. The van der Waals surface area contributed by atoms with E-state index in [4.69, 9.17) is 9.84 Å². The number of carboxylic acids is 1. The number of benzene rings is 1. The number of rotatable bonds is 5. The second kappa shape index (κ2) is 6.43. The van der Waals surface area contributed by atoms with Gasteiger partial charge in [0.05, 0.1) is 6.20 Å². The topological polar surface area (TPSA) is 75.5 Å². The summed E-state index contributed by atoms with van der Waals surface area (Å²) in [7, 11) is 0. The van der Waals surface area contributed by atoms with Gasteiger partial charge in [0, 0.05) is 13.1 Å². The molecule has 0 bridgehead atoms. The lowest BCUT2D eigenvalue weighted by Crippen LogP contribution is -2.21. The molecule has 0 radical (unpaired) electrons. The van der Waals surface area contributed by atoms with E-state index in [-0.39, 0.29) is 11.6 Å². The molecule has 0 aliphatic carbocycles. The van der Waals surface area contributed by atoms with Crippen LogP contribution in [0.4, 0.5) is 5.82 Å². The lowest BCUT2D eigenvalue weighted by Gasteiger charge is -2.19. The number of aromatic carboxylic acids is 1. The van der Waals surface area contributed by atoms with Crippen molar-refractivity contribution in [1.82, 2.24) is 9.97 Å². The first kappa shape index (κ1) is 14.3. The number of hydrogen-bond donors (Lipinski definition) is 1. The van der Waals surface area contributed by atoms with Crippen LogP contribution in [0, 0.1) is 0 Å². The summed E-state index contributed by atoms with van der Waals surface area (Å²) in [6.07, 6.45) is 3.48. The van der Waals surface area contributed by atoms with Gasteiger partial charge < -0.3 is 14.7 Å². The molecule has 6 heteroatoms. The smallest absolute Gasteiger partial charge is 0.356 e. The molecule has 3 rings (SSSR count). The van der Waals surface area contributed by atoms with E-state index >= 15 is 0 Å². The average Bonchev–Trinajstić information content (AvgIpc) is 3.08. The fraction of sp³-hybridized carbons (Fsp3) is 0.312. The van der Waals surface area contributed by atoms with Gasteiger partial charge in [-0.05, 0) is 18.4 Å². The van der Waals surface area contributed by atoms with Gasteiger partial charge in [-0.25, -0.2) is 14.8 Å². The molecule has 1 saturated heterocycles.